The number of para-hydroxylation sites is 2. The number of hydrogen-bond donors (Lipinski definition) is 3. The number of nitrogens with zero attached hydrogens (tertiary/aromatic N) is 2. The van der Waals surface area contributed by atoms with E-state index in [1.54, 1.807) is 0 Å². The van der Waals surface area contributed by atoms with Gasteiger partial charge in [-0.2, -0.15) is 0 Å². The lowest BCUT2D eigenvalue weighted by Gasteiger charge is -2.12. The zero-order valence-corrected chi connectivity index (χ0v) is 12.4. The van der Waals surface area contributed by atoms with Crippen LogP contribution < -0.4 is 5.32 Å². The molecule has 3 aromatic rings. The summed E-state index contributed by atoms with van der Waals surface area (Å²) in [4.78, 5) is 4.57. The molecular formula is C17H19N3O2. The second-order valence-corrected chi connectivity index (χ2v) is 5.25. The zero-order valence-electron chi connectivity index (χ0n) is 12.4. The standard InChI is InChI=1S/C17H19N3O2/c1-12-19-16-4-2-3-5-17(16)20(12)14-8-6-13(7-9-14)18-10-15(22)11-21/h2-9,15,18,21-22H,10-11H2,1H3. The van der Waals surface area contributed by atoms with Gasteiger partial charge in [0.25, 0.3) is 0 Å². The molecular weight excluding hydrogens is 278 g/mol. The summed E-state index contributed by atoms with van der Waals surface area (Å²) in [6.45, 7) is 2.07. The van der Waals surface area contributed by atoms with Gasteiger partial charge in [0.15, 0.2) is 0 Å². The molecule has 0 spiro atoms. The van der Waals surface area contributed by atoms with Crippen LogP contribution >= 0.6 is 0 Å². The first-order chi connectivity index (χ1) is 10.7. The molecule has 0 radical (unpaired) electrons. The van der Waals surface area contributed by atoms with Gasteiger partial charge in [-0.25, -0.2) is 4.98 Å². The third kappa shape index (κ3) is 2.81. The maximum atomic E-state index is 9.35. The van der Waals surface area contributed by atoms with Gasteiger partial charge in [0.1, 0.15) is 5.82 Å². The van der Waals surface area contributed by atoms with E-state index in [2.05, 4.69) is 20.9 Å². The maximum absolute atomic E-state index is 9.35. The van der Waals surface area contributed by atoms with Crippen molar-refractivity contribution in [3.63, 3.8) is 0 Å². The lowest BCUT2D eigenvalue weighted by Crippen LogP contribution is -2.22. The van der Waals surface area contributed by atoms with Crippen molar-refractivity contribution in [3.8, 4) is 5.69 Å². The molecule has 1 atom stereocenters. The second kappa shape index (κ2) is 6.17. The van der Waals surface area contributed by atoms with Crippen LogP contribution in [0.3, 0.4) is 0 Å². The van der Waals surface area contributed by atoms with Gasteiger partial charge in [0.2, 0.25) is 0 Å². The molecule has 0 aliphatic heterocycles. The number of nitrogens with one attached hydrogen (secondary N) is 1. The number of imidazole rings is 1. The van der Waals surface area contributed by atoms with Crippen LogP contribution in [0.25, 0.3) is 16.7 Å². The molecule has 0 saturated carbocycles. The minimum atomic E-state index is -0.750. The number of benzene rings is 2. The van der Waals surface area contributed by atoms with Gasteiger partial charge in [0, 0.05) is 17.9 Å². The summed E-state index contributed by atoms with van der Waals surface area (Å²) >= 11 is 0. The molecule has 3 N–H and O–H groups in total. The summed E-state index contributed by atoms with van der Waals surface area (Å²) in [7, 11) is 0. The monoisotopic (exact) mass is 297 g/mol. The highest BCUT2D eigenvalue weighted by Crippen LogP contribution is 2.22. The minimum Gasteiger partial charge on any atom is -0.394 e. The third-order valence-corrected chi connectivity index (χ3v) is 3.61. The van der Waals surface area contributed by atoms with Crippen LogP contribution in [0.5, 0.6) is 0 Å². The van der Waals surface area contributed by atoms with Gasteiger partial charge in [-0.3, -0.25) is 4.57 Å². The number of aromatic nitrogens is 2. The van der Waals surface area contributed by atoms with Gasteiger partial charge < -0.3 is 15.5 Å². The van der Waals surface area contributed by atoms with E-state index in [9.17, 15) is 5.11 Å². The highest BCUT2D eigenvalue weighted by molar-refractivity contribution is 5.78. The van der Waals surface area contributed by atoms with Crippen molar-refractivity contribution in [1.82, 2.24) is 9.55 Å². The topological polar surface area (TPSA) is 70.3 Å². The molecule has 3 rings (SSSR count). The third-order valence-electron chi connectivity index (χ3n) is 3.61. The van der Waals surface area contributed by atoms with Crippen molar-refractivity contribution >= 4 is 16.7 Å². The normalized spacial score (nSPS) is 12.5. The largest absolute Gasteiger partial charge is 0.394 e. The van der Waals surface area contributed by atoms with E-state index in [1.165, 1.54) is 0 Å². The summed E-state index contributed by atoms with van der Waals surface area (Å²) in [5.74, 6) is 0.942. The molecule has 22 heavy (non-hydrogen) atoms. The number of rotatable bonds is 5. The zero-order chi connectivity index (χ0) is 15.5. The Morgan fingerprint density at radius 1 is 1.14 bits per heavy atom. The highest BCUT2D eigenvalue weighted by Gasteiger charge is 2.08. The van der Waals surface area contributed by atoms with Gasteiger partial charge in [-0.1, -0.05) is 12.1 Å². The van der Waals surface area contributed by atoms with E-state index in [-0.39, 0.29) is 6.61 Å². The molecule has 0 aliphatic carbocycles. The molecule has 0 bridgehead atoms. The number of aliphatic hydroxyl groups is 2. The van der Waals surface area contributed by atoms with Gasteiger partial charge in [-0.05, 0) is 43.3 Å². The predicted molar refractivity (Wildman–Crippen MR) is 87.4 cm³/mol. The number of anilines is 1. The van der Waals surface area contributed by atoms with Crippen molar-refractivity contribution in [2.24, 2.45) is 0 Å². The highest BCUT2D eigenvalue weighted by atomic mass is 16.3. The average Bonchev–Trinajstić information content (AvgIpc) is 2.89. The van der Waals surface area contributed by atoms with E-state index in [0.717, 1.165) is 28.2 Å². The van der Waals surface area contributed by atoms with E-state index in [1.807, 2.05) is 49.4 Å². The number of fused-ring (bicyclic) bond motifs is 1. The Labute approximate surface area is 128 Å². The molecule has 0 aliphatic rings. The molecule has 0 amide bonds. The van der Waals surface area contributed by atoms with E-state index in [4.69, 9.17) is 5.11 Å². The van der Waals surface area contributed by atoms with Crippen molar-refractivity contribution in [3.05, 3.63) is 54.4 Å². The fourth-order valence-corrected chi connectivity index (χ4v) is 2.50. The Morgan fingerprint density at radius 3 is 2.59 bits per heavy atom. The number of hydrogen-bond acceptors (Lipinski definition) is 4. The van der Waals surface area contributed by atoms with Gasteiger partial charge in [-0.15, -0.1) is 0 Å². The van der Waals surface area contributed by atoms with Crippen molar-refractivity contribution in [2.75, 3.05) is 18.5 Å². The smallest absolute Gasteiger partial charge is 0.111 e. The van der Waals surface area contributed by atoms with Crippen molar-refractivity contribution in [1.29, 1.82) is 0 Å². The van der Waals surface area contributed by atoms with Crippen LogP contribution in [-0.4, -0.2) is 39.0 Å². The average molecular weight is 297 g/mol. The maximum Gasteiger partial charge on any atom is 0.111 e. The first kappa shape index (κ1) is 14.6. The Kier molecular flexibility index (Phi) is 4.09. The molecule has 5 heteroatoms. The van der Waals surface area contributed by atoms with Crippen LogP contribution in [-0.2, 0) is 0 Å². The van der Waals surface area contributed by atoms with Gasteiger partial charge in [0.05, 0.1) is 23.7 Å². The van der Waals surface area contributed by atoms with Crippen LogP contribution in [0.2, 0.25) is 0 Å². The summed E-state index contributed by atoms with van der Waals surface area (Å²) in [5.41, 5.74) is 4.00. The van der Waals surface area contributed by atoms with E-state index < -0.39 is 6.10 Å². The lowest BCUT2D eigenvalue weighted by atomic mass is 10.2. The molecule has 114 valence electrons. The minimum absolute atomic E-state index is 0.245. The number of aliphatic hydroxyl groups excluding tert-OH is 2. The quantitative estimate of drug-likeness (QED) is 0.674. The molecule has 0 saturated heterocycles. The molecule has 1 unspecified atom stereocenters. The van der Waals surface area contributed by atoms with Crippen LogP contribution in [0, 0.1) is 6.92 Å². The fraction of sp³-hybridized carbons (Fsp3) is 0.235. The Balaban J connectivity index is 1.87. The number of aryl methyl sites for hydroxylation is 1. The van der Waals surface area contributed by atoms with E-state index in [0.29, 0.717) is 6.54 Å². The Bertz CT molecular complexity index is 765. The molecule has 0 fully saturated rings. The molecule has 1 heterocycles. The van der Waals surface area contributed by atoms with Gasteiger partial charge >= 0.3 is 0 Å². The molecule has 2 aromatic carbocycles. The molecule has 5 nitrogen and oxygen atoms in total. The van der Waals surface area contributed by atoms with Crippen LogP contribution in [0.15, 0.2) is 48.5 Å². The molecule has 1 aromatic heterocycles. The summed E-state index contributed by atoms with van der Waals surface area (Å²) in [5, 5.41) is 21.3. The van der Waals surface area contributed by atoms with Crippen molar-refractivity contribution in [2.45, 2.75) is 13.0 Å². The predicted octanol–water partition coefficient (Wildman–Crippen LogP) is 2.10. The fourth-order valence-electron chi connectivity index (χ4n) is 2.50. The Morgan fingerprint density at radius 2 is 1.86 bits per heavy atom. The SMILES string of the molecule is Cc1nc2ccccc2n1-c1ccc(NCC(O)CO)cc1. The summed E-state index contributed by atoms with van der Waals surface area (Å²) in [6, 6.07) is 16.0. The lowest BCUT2D eigenvalue weighted by molar-refractivity contribution is 0.105. The van der Waals surface area contributed by atoms with E-state index >= 15 is 0 Å². The van der Waals surface area contributed by atoms with Crippen LogP contribution in [0.4, 0.5) is 5.69 Å². The van der Waals surface area contributed by atoms with Crippen LogP contribution in [0.1, 0.15) is 5.82 Å². The second-order valence-electron chi connectivity index (χ2n) is 5.25. The first-order valence-corrected chi connectivity index (χ1v) is 7.26. The summed E-state index contributed by atoms with van der Waals surface area (Å²) < 4.78 is 2.11. The first-order valence-electron chi connectivity index (χ1n) is 7.26. The van der Waals surface area contributed by atoms with Crippen molar-refractivity contribution < 1.29 is 10.2 Å². The summed E-state index contributed by atoms with van der Waals surface area (Å²) in [6.07, 6.45) is -0.750. The Hall–Kier alpha value is -2.37.